The quantitative estimate of drug-likeness (QED) is 0.818. The van der Waals surface area contributed by atoms with Crippen molar-refractivity contribution in [2.24, 2.45) is 0 Å². The van der Waals surface area contributed by atoms with E-state index in [1.807, 2.05) is 12.1 Å². The van der Waals surface area contributed by atoms with Crippen LogP contribution in [0, 0.1) is 0 Å². The Hall–Kier alpha value is -0.190. The third kappa shape index (κ3) is 3.90. The molecule has 0 saturated heterocycles. The van der Waals surface area contributed by atoms with Gasteiger partial charge in [-0.25, -0.2) is 0 Å². The van der Waals surface area contributed by atoms with Crippen LogP contribution in [0.3, 0.4) is 0 Å². The first-order valence-electron chi connectivity index (χ1n) is 4.11. The van der Waals surface area contributed by atoms with E-state index in [2.05, 4.69) is 0 Å². The Morgan fingerprint density at radius 1 is 1.57 bits per heavy atom. The van der Waals surface area contributed by atoms with E-state index < -0.39 is 0 Å². The number of amides is 1. The molecule has 14 heavy (non-hydrogen) atoms. The Labute approximate surface area is 97.2 Å². The summed E-state index contributed by atoms with van der Waals surface area (Å²) in [5, 5.41) is 0. The Balaban J connectivity index is 2.25. The summed E-state index contributed by atoms with van der Waals surface area (Å²) in [5.74, 6) is 1.54. The summed E-state index contributed by atoms with van der Waals surface area (Å²) in [4.78, 5) is 14.0. The van der Waals surface area contributed by atoms with Crippen molar-refractivity contribution in [2.45, 2.75) is 5.75 Å². The van der Waals surface area contributed by atoms with Crippen LogP contribution in [0.1, 0.15) is 4.88 Å². The van der Waals surface area contributed by atoms with E-state index >= 15 is 0 Å². The van der Waals surface area contributed by atoms with Crippen molar-refractivity contribution in [3.63, 3.8) is 0 Å². The first kappa shape index (κ1) is 11.9. The Bertz CT molecular complexity index is 312. The molecule has 0 N–H and O–H groups in total. The van der Waals surface area contributed by atoms with Crippen LogP contribution in [0.4, 0.5) is 0 Å². The van der Waals surface area contributed by atoms with E-state index in [-0.39, 0.29) is 5.91 Å². The van der Waals surface area contributed by atoms with Crippen molar-refractivity contribution in [2.75, 3.05) is 19.8 Å². The van der Waals surface area contributed by atoms with E-state index in [4.69, 9.17) is 11.6 Å². The molecule has 78 valence electrons. The molecule has 0 aliphatic heterocycles. The lowest BCUT2D eigenvalue weighted by Crippen LogP contribution is -2.23. The third-order valence-corrected chi connectivity index (χ3v) is 3.98. The Morgan fingerprint density at radius 3 is 2.79 bits per heavy atom. The molecule has 5 heteroatoms. The largest absolute Gasteiger partial charge is 0.348 e. The summed E-state index contributed by atoms with van der Waals surface area (Å²) in [6, 6.07) is 3.88. The SMILES string of the molecule is CN(C)C(=O)CSCc1ccc(Cl)s1. The molecule has 0 bridgehead atoms. The molecule has 2 nitrogen and oxygen atoms in total. The second-order valence-corrected chi connectivity index (χ2v) is 5.77. The highest BCUT2D eigenvalue weighted by Gasteiger charge is 2.04. The highest BCUT2D eigenvalue weighted by atomic mass is 35.5. The normalized spacial score (nSPS) is 10.2. The molecule has 0 radical (unpaired) electrons. The number of nitrogens with zero attached hydrogens (tertiary/aromatic N) is 1. The number of thioether (sulfide) groups is 1. The van der Waals surface area contributed by atoms with Gasteiger partial charge in [-0.05, 0) is 12.1 Å². The molecule has 1 amide bonds. The predicted molar refractivity (Wildman–Crippen MR) is 64.2 cm³/mol. The van der Waals surface area contributed by atoms with Crippen LogP contribution in [-0.4, -0.2) is 30.7 Å². The van der Waals surface area contributed by atoms with Gasteiger partial charge in [-0.15, -0.1) is 23.1 Å². The average Bonchev–Trinajstić information content (AvgIpc) is 2.51. The fraction of sp³-hybridized carbons (Fsp3) is 0.444. The molecular formula is C9H12ClNOS2. The average molecular weight is 250 g/mol. The minimum Gasteiger partial charge on any atom is -0.348 e. The van der Waals surface area contributed by atoms with Gasteiger partial charge in [0.1, 0.15) is 0 Å². The van der Waals surface area contributed by atoms with E-state index in [1.165, 1.54) is 4.88 Å². The van der Waals surface area contributed by atoms with Gasteiger partial charge in [-0.2, -0.15) is 0 Å². The third-order valence-electron chi connectivity index (χ3n) is 1.60. The predicted octanol–water partition coefficient (Wildman–Crippen LogP) is 2.72. The molecule has 0 atom stereocenters. The maximum atomic E-state index is 11.2. The van der Waals surface area contributed by atoms with Gasteiger partial charge in [0.2, 0.25) is 5.91 Å². The Morgan fingerprint density at radius 2 is 2.29 bits per heavy atom. The second-order valence-electron chi connectivity index (χ2n) is 2.99. The minimum atomic E-state index is 0.151. The maximum absolute atomic E-state index is 11.2. The molecular weight excluding hydrogens is 238 g/mol. The molecule has 1 aromatic heterocycles. The summed E-state index contributed by atoms with van der Waals surface area (Å²) in [6.07, 6.45) is 0. The van der Waals surface area contributed by atoms with E-state index in [0.29, 0.717) is 5.75 Å². The minimum absolute atomic E-state index is 0.151. The van der Waals surface area contributed by atoms with Gasteiger partial charge in [0.05, 0.1) is 10.1 Å². The van der Waals surface area contributed by atoms with Crippen molar-refractivity contribution in [3.05, 3.63) is 21.3 Å². The molecule has 1 rings (SSSR count). The molecule has 0 aliphatic rings. The molecule has 0 spiro atoms. The van der Waals surface area contributed by atoms with Crippen LogP contribution >= 0.6 is 34.7 Å². The summed E-state index contributed by atoms with van der Waals surface area (Å²) < 4.78 is 0.805. The van der Waals surface area contributed by atoms with Crippen molar-refractivity contribution in [3.8, 4) is 0 Å². The summed E-state index contributed by atoms with van der Waals surface area (Å²) >= 11 is 8.97. The van der Waals surface area contributed by atoms with E-state index in [9.17, 15) is 4.79 Å². The molecule has 0 saturated carbocycles. The highest BCUT2D eigenvalue weighted by molar-refractivity contribution is 7.99. The summed E-state index contributed by atoms with van der Waals surface area (Å²) in [5.41, 5.74) is 0. The number of halogens is 1. The van der Waals surface area contributed by atoms with Crippen molar-refractivity contribution < 1.29 is 4.79 Å². The van der Waals surface area contributed by atoms with Gasteiger partial charge < -0.3 is 4.90 Å². The zero-order valence-corrected chi connectivity index (χ0v) is 10.5. The number of carbonyl (C=O) groups excluding carboxylic acids is 1. The van der Waals surface area contributed by atoms with E-state index in [1.54, 1.807) is 42.1 Å². The van der Waals surface area contributed by atoms with Gasteiger partial charge in [-0.1, -0.05) is 11.6 Å². The second kappa shape index (κ2) is 5.63. The molecule has 0 unspecified atom stereocenters. The van der Waals surface area contributed by atoms with Crippen LogP contribution in [0.25, 0.3) is 0 Å². The summed E-state index contributed by atoms with van der Waals surface area (Å²) in [7, 11) is 3.54. The molecule has 1 heterocycles. The maximum Gasteiger partial charge on any atom is 0.232 e. The monoisotopic (exact) mass is 249 g/mol. The van der Waals surface area contributed by atoms with Gasteiger partial charge in [0, 0.05) is 24.7 Å². The number of hydrogen-bond donors (Lipinski definition) is 0. The van der Waals surface area contributed by atoms with Crippen LogP contribution < -0.4 is 0 Å². The van der Waals surface area contributed by atoms with Gasteiger partial charge in [0.25, 0.3) is 0 Å². The van der Waals surface area contributed by atoms with Crippen molar-refractivity contribution in [1.29, 1.82) is 0 Å². The first-order chi connectivity index (χ1) is 6.59. The molecule has 0 fully saturated rings. The smallest absolute Gasteiger partial charge is 0.232 e. The molecule has 1 aromatic rings. The van der Waals surface area contributed by atoms with Gasteiger partial charge in [0.15, 0.2) is 0 Å². The Kier molecular flexibility index (Phi) is 4.78. The fourth-order valence-electron chi connectivity index (χ4n) is 0.797. The van der Waals surface area contributed by atoms with Crippen LogP contribution in [0.2, 0.25) is 4.34 Å². The molecule has 0 aromatic carbocycles. The molecule has 0 aliphatic carbocycles. The lowest BCUT2D eigenvalue weighted by Gasteiger charge is -2.08. The standard InChI is InChI=1S/C9H12ClNOS2/c1-11(2)9(12)6-13-5-7-3-4-8(10)14-7/h3-4H,5-6H2,1-2H3. The van der Waals surface area contributed by atoms with E-state index in [0.717, 1.165) is 10.1 Å². The number of thiophene rings is 1. The van der Waals surface area contributed by atoms with Gasteiger partial charge >= 0.3 is 0 Å². The topological polar surface area (TPSA) is 20.3 Å². The fourth-order valence-corrected chi connectivity index (χ4v) is 3.00. The highest BCUT2D eigenvalue weighted by Crippen LogP contribution is 2.25. The number of hydrogen-bond acceptors (Lipinski definition) is 3. The van der Waals surface area contributed by atoms with Crippen LogP contribution in [0.15, 0.2) is 12.1 Å². The number of carbonyl (C=O) groups is 1. The van der Waals surface area contributed by atoms with Gasteiger partial charge in [-0.3, -0.25) is 4.79 Å². The van der Waals surface area contributed by atoms with Crippen molar-refractivity contribution >= 4 is 40.6 Å². The zero-order valence-electron chi connectivity index (χ0n) is 8.12. The lowest BCUT2D eigenvalue weighted by molar-refractivity contribution is -0.125. The first-order valence-corrected chi connectivity index (χ1v) is 6.46. The van der Waals surface area contributed by atoms with Crippen molar-refractivity contribution in [1.82, 2.24) is 4.90 Å². The number of rotatable bonds is 4. The zero-order chi connectivity index (χ0) is 10.6. The lowest BCUT2D eigenvalue weighted by atomic mass is 10.5. The van der Waals surface area contributed by atoms with Crippen LogP contribution in [0.5, 0.6) is 0 Å². The summed E-state index contributed by atoms with van der Waals surface area (Å²) in [6.45, 7) is 0. The van der Waals surface area contributed by atoms with Crippen LogP contribution in [-0.2, 0) is 10.5 Å².